The molecule has 1 aromatic carbocycles. The Kier molecular flexibility index (Phi) is 5.00. The van der Waals surface area contributed by atoms with E-state index in [9.17, 15) is 12.8 Å². The fraction of sp³-hybridized carbons (Fsp3) is 0.333. The van der Waals surface area contributed by atoms with Crippen LogP contribution in [-0.2, 0) is 10.2 Å². The summed E-state index contributed by atoms with van der Waals surface area (Å²) in [6.07, 6.45) is 5.12. The highest BCUT2D eigenvalue weighted by Gasteiger charge is 2.23. The van der Waals surface area contributed by atoms with E-state index in [-0.39, 0.29) is 11.7 Å². The molecule has 0 spiro atoms. The van der Waals surface area contributed by atoms with Crippen molar-refractivity contribution in [1.82, 2.24) is 19.3 Å². The highest BCUT2D eigenvalue weighted by molar-refractivity contribution is 7.87. The van der Waals surface area contributed by atoms with Gasteiger partial charge in [-0.25, -0.2) is 24.2 Å². The van der Waals surface area contributed by atoms with E-state index in [1.165, 1.54) is 18.5 Å². The van der Waals surface area contributed by atoms with E-state index in [4.69, 9.17) is 5.14 Å². The van der Waals surface area contributed by atoms with Crippen LogP contribution in [0.5, 0.6) is 0 Å². The minimum atomic E-state index is -3.65. The van der Waals surface area contributed by atoms with Crippen molar-refractivity contribution in [3.8, 4) is 5.69 Å². The maximum Gasteiger partial charge on any atom is 0.274 e. The quantitative estimate of drug-likeness (QED) is 0.671. The molecule has 3 N–H and O–H groups in total. The van der Waals surface area contributed by atoms with Crippen LogP contribution in [0.2, 0.25) is 0 Å². The van der Waals surface area contributed by atoms with Gasteiger partial charge in [0, 0.05) is 31.5 Å². The molecule has 1 aliphatic heterocycles. The van der Waals surface area contributed by atoms with Crippen molar-refractivity contribution in [2.75, 3.05) is 24.5 Å². The van der Waals surface area contributed by atoms with Crippen molar-refractivity contribution in [2.45, 2.75) is 12.8 Å². The highest BCUT2D eigenvalue weighted by atomic mass is 32.2. The molecule has 4 rings (SSSR count). The van der Waals surface area contributed by atoms with Gasteiger partial charge in [-0.1, -0.05) is 0 Å². The zero-order valence-corrected chi connectivity index (χ0v) is 15.9. The molecule has 3 aromatic rings. The van der Waals surface area contributed by atoms with E-state index in [0.29, 0.717) is 6.54 Å². The van der Waals surface area contributed by atoms with Gasteiger partial charge in [0.05, 0.1) is 5.39 Å². The van der Waals surface area contributed by atoms with Crippen molar-refractivity contribution in [3.05, 3.63) is 48.7 Å². The Bertz CT molecular complexity index is 1080. The van der Waals surface area contributed by atoms with Crippen molar-refractivity contribution in [1.29, 1.82) is 0 Å². The largest absolute Gasteiger partial charge is 0.356 e. The van der Waals surface area contributed by atoms with Crippen molar-refractivity contribution in [3.63, 3.8) is 0 Å². The molecule has 2 aromatic heterocycles. The molecule has 0 amide bonds. The molecule has 148 valence electrons. The van der Waals surface area contributed by atoms with Gasteiger partial charge in [0.25, 0.3) is 10.2 Å². The highest BCUT2D eigenvalue weighted by Crippen LogP contribution is 2.29. The topological polar surface area (TPSA) is 106 Å². The fourth-order valence-electron chi connectivity index (χ4n) is 3.58. The summed E-state index contributed by atoms with van der Waals surface area (Å²) in [5.41, 5.74) is 1.59. The zero-order valence-electron chi connectivity index (χ0n) is 15.1. The Balaban J connectivity index is 1.53. The van der Waals surface area contributed by atoms with Crippen LogP contribution >= 0.6 is 0 Å². The Morgan fingerprint density at radius 3 is 2.54 bits per heavy atom. The summed E-state index contributed by atoms with van der Waals surface area (Å²) in [6.45, 7) is 1.89. The monoisotopic (exact) mass is 404 g/mol. The van der Waals surface area contributed by atoms with E-state index in [1.807, 2.05) is 16.8 Å². The van der Waals surface area contributed by atoms with E-state index in [1.54, 1.807) is 12.1 Å². The van der Waals surface area contributed by atoms with Gasteiger partial charge >= 0.3 is 0 Å². The molecule has 3 heterocycles. The smallest absolute Gasteiger partial charge is 0.274 e. The Labute approximate surface area is 162 Å². The van der Waals surface area contributed by atoms with E-state index in [0.717, 1.165) is 48.5 Å². The molecule has 0 unspecified atom stereocenters. The van der Waals surface area contributed by atoms with Crippen LogP contribution in [0, 0.1) is 11.7 Å². The van der Waals surface area contributed by atoms with Crippen LogP contribution in [0.1, 0.15) is 12.8 Å². The maximum absolute atomic E-state index is 13.2. The minimum Gasteiger partial charge on any atom is -0.356 e. The van der Waals surface area contributed by atoms with Crippen LogP contribution in [0.25, 0.3) is 16.7 Å². The fourth-order valence-corrected chi connectivity index (χ4v) is 4.05. The average molecular weight is 404 g/mol. The van der Waals surface area contributed by atoms with Crippen LogP contribution in [-0.4, -0.2) is 42.6 Å². The molecular formula is C18H21FN6O2S. The molecule has 0 saturated carbocycles. The summed E-state index contributed by atoms with van der Waals surface area (Å²) in [7, 11) is -3.65. The van der Waals surface area contributed by atoms with Crippen LogP contribution < -0.4 is 14.8 Å². The second-order valence-electron chi connectivity index (χ2n) is 6.92. The maximum atomic E-state index is 13.2. The van der Waals surface area contributed by atoms with Crippen molar-refractivity contribution < 1.29 is 12.8 Å². The molecule has 0 aliphatic carbocycles. The zero-order chi connectivity index (χ0) is 19.7. The van der Waals surface area contributed by atoms with Gasteiger partial charge in [0.2, 0.25) is 0 Å². The normalized spacial score (nSPS) is 16.0. The second kappa shape index (κ2) is 7.46. The average Bonchev–Trinajstić information content (AvgIpc) is 3.11. The Hall–Kier alpha value is -2.56. The number of aromatic nitrogens is 3. The number of halogens is 1. The Morgan fingerprint density at radius 2 is 1.86 bits per heavy atom. The summed E-state index contributed by atoms with van der Waals surface area (Å²) in [5, 5.41) is 5.93. The summed E-state index contributed by atoms with van der Waals surface area (Å²) >= 11 is 0. The third-order valence-corrected chi connectivity index (χ3v) is 5.62. The summed E-state index contributed by atoms with van der Waals surface area (Å²) in [6, 6.07) is 8.22. The molecule has 1 fully saturated rings. The molecule has 1 saturated heterocycles. The lowest BCUT2D eigenvalue weighted by Gasteiger charge is -2.33. The number of nitrogens with one attached hydrogen (secondary N) is 1. The SMILES string of the molecule is NS(=O)(=O)NCC1CCN(c2ncnc3c2ccn3-c2ccc(F)cc2)CC1. The van der Waals surface area contributed by atoms with E-state index >= 15 is 0 Å². The number of rotatable bonds is 5. The Morgan fingerprint density at radius 1 is 1.14 bits per heavy atom. The van der Waals surface area contributed by atoms with Crippen LogP contribution in [0.15, 0.2) is 42.9 Å². The first-order chi connectivity index (χ1) is 13.4. The van der Waals surface area contributed by atoms with Crippen molar-refractivity contribution >= 4 is 27.1 Å². The number of nitrogens with zero attached hydrogens (tertiary/aromatic N) is 4. The van der Waals surface area contributed by atoms with Gasteiger partial charge < -0.3 is 9.47 Å². The standard InChI is InChI=1S/C18H21FN6O2S/c19-14-1-3-15(4-2-14)25-10-7-16-17(21-12-22-18(16)25)24-8-5-13(6-9-24)11-23-28(20,26)27/h1-4,7,10,12-13,23H,5-6,8-9,11H2,(H2,20,26,27). The summed E-state index contributed by atoms with van der Waals surface area (Å²) in [4.78, 5) is 11.1. The molecule has 28 heavy (non-hydrogen) atoms. The minimum absolute atomic E-state index is 0.246. The van der Waals surface area contributed by atoms with Gasteiger partial charge in [-0.15, -0.1) is 0 Å². The third kappa shape index (κ3) is 3.98. The number of benzene rings is 1. The predicted molar refractivity (Wildman–Crippen MR) is 105 cm³/mol. The molecule has 1 aliphatic rings. The molecule has 0 radical (unpaired) electrons. The van der Waals surface area contributed by atoms with E-state index in [2.05, 4.69) is 19.6 Å². The molecule has 0 bridgehead atoms. The van der Waals surface area contributed by atoms with Crippen molar-refractivity contribution in [2.24, 2.45) is 11.1 Å². The number of hydrogen-bond acceptors (Lipinski definition) is 5. The van der Waals surface area contributed by atoms with Crippen LogP contribution in [0.4, 0.5) is 10.2 Å². The summed E-state index contributed by atoms with van der Waals surface area (Å²) in [5.74, 6) is 0.815. The third-order valence-electron chi connectivity index (χ3n) is 5.05. The number of anilines is 1. The predicted octanol–water partition coefficient (Wildman–Crippen LogP) is 1.57. The van der Waals surface area contributed by atoms with Gasteiger partial charge in [0.15, 0.2) is 0 Å². The number of fused-ring (bicyclic) bond motifs is 1. The lowest BCUT2D eigenvalue weighted by molar-refractivity contribution is 0.401. The van der Waals surface area contributed by atoms with E-state index < -0.39 is 10.2 Å². The first kappa shape index (κ1) is 18.8. The molecular weight excluding hydrogens is 383 g/mol. The second-order valence-corrected chi connectivity index (χ2v) is 8.30. The van der Waals surface area contributed by atoms with Crippen LogP contribution in [0.3, 0.4) is 0 Å². The lowest BCUT2D eigenvalue weighted by atomic mass is 9.97. The molecule has 0 atom stereocenters. The number of nitrogens with two attached hydrogens (primary N) is 1. The first-order valence-electron chi connectivity index (χ1n) is 9.01. The number of hydrogen-bond donors (Lipinski definition) is 2. The molecule has 10 heteroatoms. The van der Waals surface area contributed by atoms with Gasteiger partial charge in [-0.2, -0.15) is 8.42 Å². The summed E-state index contributed by atoms with van der Waals surface area (Å²) < 4.78 is 39.6. The first-order valence-corrected chi connectivity index (χ1v) is 10.6. The molecule has 8 nitrogen and oxygen atoms in total. The van der Waals surface area contributed by atoms with Gasteiger partial charge in [-0.05, 0) is 49.1 Å². The van der Waals surface area contributed by atoms with Gasteiger partial charge in [0.1, 0.15) is 23.6 Å². The lowest BCUT2D eigenvalue weighted by Crippen LogP contribution is -2.40. The van der Waals surface area contributed by atoms with Gasteiger partial charge in [-0.3, -0.25) is 0 Å². The number of piperidine rings is 1.